The number of hydrogen-bond acceptors (Lipinski definition) is 5. The Morgan fingerprint density at radius 3 is 2.87 bits per heavy atom. The fraction of sp³-hybridized carbons (Fsp3) is 0.176. The number of nitrogens with two attached hydrogens (primary N) is 1. The van der Waals surface area contributed by atoms with Gasteiger partial charge in [0.2, 0.25) is 0 Å². The van der Waals surface area contributed by atoms with E-state index in [0.717, 1.165) is 6.42 Å². The molecule has 116 valence electrons. The Kier molecular flexibility index (Phi) is 4.73. The number of aliphatic imine (C=N–C) groups is 1. The highest BCUT2D eigenvalue weighted by Crippen LogP contribution is 2.18. The van der Waals surface area contributed by atoms with E-state index >= 15 is 0 Å². The van der Waals surface area contributed by atoms with Gasteiger partial charge in [-0.25, -0.2) is 9.67 Å². The molecule has 0 amide bonds. The summed E-state index contributed by atoms with van der Waals surface area (Å²) >= 11 is 0. The van der Waals surface area contributed by atoms with Gasteiger partial charge in [-0.3, -0.25) is 4.99 Å². The van der Waals surface area contributed by atoms with Crippen LogP contribution >= 0.6 is 0 Å². The third kappa shape index (κ3) is 3.79. The van der Waals surface area contributed by atoms with Crippen molar-refractivity contribution in [2.75, 3.05) is 6.54 Å². The van der Waals surface area contributed by atoms with E-state index in [1.807, 2.05) is 0 Å². The van der Waals surface area contributed by atoms with E-state index in [4.69, 9.17) is 5.84 Å². The van der Waals surface area contributed by atoms with E-state index in [9.17, 15) is 0 Å². The third-order valence-corrected chi connectivity index (χ3v) is 3.59. The van der Waals surface area contributed by atoms with Crippen LogP contribution in [0.3, 0.4) is 0 Å². The molecule has 0 radical (unpaired) electrons. The third-order valence-electron chi connectivity index (χ3n) is 3.59. The van der Waals surface area contributed by atoms with Gasteiger partial charge in [-0.15, -0.1) is 0 Å². The van der Waals surface area contributed by atoms with Gasteiger partial charge in [0.15, 0.2) is 0 Å². The Bertz CT molecular complexity index is 815. The number of rotatable bonds is 6. The molecular formula is C17H18N6. The lowest BCUT2D eigenvalue weighted by atomic mass is 10.0. The van der Waals surface area contributed by atoms with Crippen LogP contribution in [0.4, 0.5) is 0 Å². The molecule has 3 aromatic rings. The Hall–Kier alpha value is -3.02. The molecule has 2 aromatic carbocycles. The maximum Gasteiger partial charge on any atom is 0.137 e. The molecule has 0 aliphatic carbocycles. The number of aromatic nitrogens is 3. The van der Waals surface area contributed by atoms with Crippen molar-refractivity contribution in [3.8, 4) is 0 Å². The summed E-state index contributed by atoms with van der Waals surface area (Å²) < 4.78 is 1.66. The van der Waals surface area contributed by atoms with Gasteiger partial charge in [0.05, 0.1) is 12.3 Å². The molecule has 3 rings (SSSR count). The first-order chi connectivity index (χ1) is 11.4. The lowest BCUT2D eigenvalue weighted by Crippen LogP contribution is -2.14. The highest BCUT2D eigenvalue weighted by molar-refractivity contribution is 6.30. The molecule has 0 fully saturated rings. The van der Waals surface area contributed by atoms with Crippen LogP contribution in [0.2, 0.25) is 0 Å². The molecule has 0 atom stereocenters. The Balaban J connectivity index is 1.61. The minimum atomic E-state index is 0.467. The SMILES string of the molecule is N/N=C(\C=NCCc1cccc2ccccc12)Cn1cncn1. The molecule has 0 bridgehead atoms. The molecule has 1 heterocycles. The summed E-state index contributed by atoms with van der Waals surface area (Å²) in [7, 11) is 0. The Morgan fingerprint density at radius 1 is 1.17 bits per heavy atom. The second-order valence-corrected chi connectivity index (χ2v) is 5.14. The quantitative estimate of drug-likeness (QED) is 0.430. The van der Waals surface area contributed by atoms with Crippen molar-refractivity contribution in [1.29, 1.82) is 0 Å². The van der Waals surface area contributed by atoms with Crippen LogP contribution in [0.5, 0.6) is 0 Å². The molecule has 0 saturated carbocycles. The fourth-order valence-corrected chi connectivity index (χ4v) is 2.46. The van der Waals surface area contributed by atoms with Crippen molar-refractivity contribution in [3.63, 3.8) is 0 Å². The molecule has 0 aliphatic heterocycles. The number of hydrazone groups is 1. The number of hydrogen-bond donors (Lipinski definition) is 1. The molecule has 0 unspecified atom stereocenters. The molecule has 0 aliphatic rings. The Labute approximate surface area is 134 Å². The monoisotopic (exact) mass is 306 g/mol. The molecule has 6 nitrogen and oxygen atoms in total. The van der Waals surface area contributed by atoms with Crippen LogP contribution in [0.25, 0.3) is 10.8 Å². The smallest absolute Gasteiger partial charge is 0.137 e. The van der Waals surface area contributed by atoms with Crippen molar-refractivity contribution in [2.45, 2.75) is 13.0 Å². The molecule has 0 saturated heterocycles. The molecule has 6 heteroatoms. The van der Waals surface area contributed by atoms with E-state index in [0.29, 0.717) is 18.8 Å². The molecule has 2 N–H and O–H groups in total. The van der Waals surface area contributed by atoms with Gasteiger partial charge >= 0.3 is 0 Å². The molecular weight excluding hydrogens is 288 g/mol. The zero-order valence-electron chi connectivity index (χ0n) is 12.7. The van der Waals surface area contributed by atoms with Crippen molar-refractivity contribution >= 4 is 22.7 Å². The van der Waals surface area contributed by atoms with Crippen molar-refractivity contribution in [2.24, 2.45) is 15.9 Å². The minimum absolute atomic E-state index is 0.467. The fourth-order valence-electron chi connectivity index (χ4n) is 2.46. The van der Waals surface area contributed by atoms with Crippen molar-refractivity contribution in [1.82, 2.24) is 14.8 Å². The van der Waals surface area contributed by atoms with E-state index in [1.54, 1.807) is 17.2 Å². The van der Waals surface area contributed by atoms with Crippen molar-refractivity contribution < 1.29 is 0 Å². The van der Waals surface area contributed by atoms with Crippen LogP contribution in [0.15, 0.2) is 65.2 Å². The molecule has 0 spiro atoms. The van der Waals surface area contributed by atoms with Crippen LogP contribution in [0, 0.1) is 0 Å². The lowest BCUT2D eigenvalue weighted by Gasteiger charge is -2.04. The summed E-state index contributed by atoms with van der Waals surface area (Å²) in [5.41, 5.74) is 1.95. The van der Waals surface area contributed by atoms with Gasteiger partial charge < -0.3 is 5.84 Å². The topological polar surface area (TPSA) is 81.5 Å². The first-order valence-electron chi connectivity index (χ1n) is 7.42. The summed E-state index contributed by atoms with van der Waals surface area (Å²) in [6.45, 7) is 1.15. The van der Waals surface area contributed by atoms with Crippen LogP contribution in [0.1, 0.15) is 5.56 Å². The molecule has 1 aromatic heterocycles. The average molecular weight is 306 g/mol. The maximum absolute atomic E-state index is 5.39. The highest BCUT2D eigenvalue weighted by atomic mass is 15.3. The summed E-state index contributed by atoms with van der Waals surface area (Å²) in [5, 5.41) is 10.3. The highest BCUT2D eigenvalue weighted by Gasteiger charge is 2.00. The Morgan fingerprint density at radius 2 is 2.04 bits per heavy atom. The number of nitrogens with zero attached hydrogens (tertiary/aromatic N) is 5. The largest absolute Gasteiger partial charge is 0.323 e. The van der Waals surface area contributed by atoms with Gasteiger partial charge in [0.25, 0.3) is 0 Å². The van der Waals surface area contributed by atoms with Crippen LogP contribution < -0.4 is 5.84 Å². The predicted molar refractivity (Wildman–Crippen MR) is 92.7 cm³/mol. The number of benzene rings is 2. The first-order valence-corrected chi connectivity index (χ1v) is 7.42. The normalized spacial score (nSPS) is 12.3. The predicted octanol–water partition coefficient (Wildman–Crippen LogP) is 2.06. The summed E-state index contributed by atoms with van der Waals surface area (Å²) in [6, 6.07) is 14.7. The van der Waals surface area contributed by atoms with Crippen LogP contribution in [-0.2, 0) is 13.0 Å². The van der Waals surface area contributed by atoms with Gasteiger partial charge in [-0.1, -0.05) is 42.5 Å². The van der Waals surface area contributed by atoms with Gasteiger partial charge in [-0.2, -0.15) is 10.2 Å². The van der Waals surface area contributed by atoms with Gasteiger partial charge in [-0.05, 0) is 22.8 Å². The second-order valence-electron chi connectivity index (χ2n) is 5.14. The van der Waals surface area contributed by atoms with E-state index in [1.165, 1.54) is 22.7 Å². The van der Waals surface area contributed by atoms with E-state index in [-0.39, 0.29) is 0 Å². The van der Waals surface area contributed by atoms with Gasteiger partial charge in [0, 0.05) is 12.8 Å². The maximum atomic E-state index is 5.39. The summed E-state index contributed by atoms with van der Waals surface area (Å²) in [4.78, 5) is 8.31. The molecule has 23 heavy (non-hydrogen) atoms. The van der Waals surface area contributed by atoms with Gasteiger partial charge in [0.1, 0.15) is 12.7 Å². The first kappa shape index (κ1) is 14.9. The zero-order chi connectivity index (χ0) is 15.9. The lowest BCUT2D eigenvalue weighted by molar-refractivity contribution is 0.723. The number of fused-ring (bicyclic) bond motifs is 1. The van der Waals surface area contributed by atoms with E-state index in [2.05, 4.69) is 62.6 Å². The zero-order valence-corrected chi connectivity index (χ0v) is 12.7. The van der Waals surface area contributed by atoms with Crippen molar-refractivity contribution in [3.05, 3.63) is 60.7 Å². The minimum Gasteiger partial charge on any atom is -0.323 e. The van der Waals surface area contributed by atoms with E-state index < -0.39 is 0 Å². The second kappa shape index (κ2) is 7.31. The standard InChI is InChI=1S/C17H18N6/c18-22-16(11-23-13-20-12-21-23)10-19-9-8-15-6-3-5-14-4-1-2-7-17(14)15/h1-7,10,12-13H,8-9,11,18H2/b19-10?,22-16+. The average Bonchev–Trinajstić information content (AvgIpc) is 3.10. The van der Waals surface area contributed by atoms with Crippen LogP contribution in [-0.4, -0.2) is 33.2 Å². The summed E-state index contributed by atoms with van der Waals surface area (Å²) in [5.74, 6) is 5.39. The summed E-state index contributed by atoms with van der Waals surface area (Å²) in [6.07, 6.45) is 5.67.